The minimum atomic E-state index is 0.788. The Kier molecular flexibility index (Phi) is 10.9. The Morgan fingerprint density at radius 2 is 0.972 bits per heavy atom. The van der Waals surface area contributed by atoms with Crippen molar-refractivity contribution in [3.05, 3.63) is 100 Å². The Labute approximate surface area is 216 Å². The molecule has 5 heteroatoms. The van der Waals surface area contributed by atoms with Crippen LogP contribution in [0, 0.1) is 41.5 Å². The molecule has 0 bridgehead atoms. The largest absolute Gasteiger partial charge is 0.496 e. The van der Waals surface area contributed by atoms with E-state index in [1.54, 1.807) is 21.3 Å². The molecule has 36 heavy (non-hydrogen) atoms. The second-order valence-corrected chi connectivity index (χ2v) is 8.72. The van der Waals surface area contributed by atoms with Crippen LogP contribution in [0.4, 0.5) is 0 Å². The SMILES string of the molecule is COc1cc(C)cc(OC)c1C.COc1cc(C)ccc1C.Cc1ccc(-c2ncc(C)cn2)cc1. The summed E-state index contributed by atoms with van der Waals surface area (Å²) in [6, 6.07) is 18.4. The molecule has 5 nitrogen and oxygen atoms in total. The van der Waals surface area contributed by atoms with Crippen LogP contribution in [0.15, 0.2) is 67.0 Å². The zero-order chi connectivity index (χ0) is 26.7. The lowest BCUT2D eigenvalue weighted by atomic mass is 10.1. The predicted octanol–water partition coefficient (Wildman–Crippen LogP) is 7.39. The molecule has 0 aliphatic heterocycles. The van der Waals surface area contributed by atoms with Gasteiger partial charge in [0.25, 0.3) is 0 Å². The van der Waals surface area contributed by atoms with Crippen molar-refractivity contribution in [3.63, 3.8) is 0 Å². The fourth-order valence-corrected chi connectivity index (χ4v) is 3.39. The standard InChI is InChI=1S/C12H12N2.C10H14O2.C9H12O/c1-9-3-5-11(6-4-9)12-13-7-10(2)8-14-12;1-7-5-9(11-3)8(2)10(6-7)12-4;1-7-4-5-8(2)9(6-7)10-3/h3-8H,1-2H3;5-6H,1-4H3;4-6H,1-3H3. The molecule has 4 rings (SSSR count). The summed E-state index contributed by atoms with van der Waals surface area (Å²) in [5.74, 6) is 3.52. The van der Waals surface area contributed by atoms with Crippen molar-refractivity contribution in [2.75, 3.05) is 21.3 Å². The van der Waals surface area contributed by atoms with Gasteiger partial charge in [-0.25, -0.2) is 9.97 Å². The van der Waals surface area contributed by atoms with Gasteiger partial charge >= 0.3 is 0 Å². The van der Waals surface area contributed by atoms with E-state index >= 15 is 0 Å². The first-order valence-corrected chi connectivity index (χ1v) is 11.8. The van der Waals surface area contributed by atoms with E-state index in [1.807, 2.05) is 70.4 Å². The van der Waals surface area contributed by atoms with Crippen LogP contribution in [0.25, 0.3) is 11.4 Å². The van der Waals surface area contributed by atoms with Crippen LogP contribution in [0.3, 0.4) is 0 Å². The number of hydrogen-bond donors (Lipinski definition) is 0. The fourth-order valence-electron chi connectivity index (χ4n) is 3.39. The molecule has 0 atom stereocenters. The molecule has 1 aromatic heterocycles. The van der Waals surface area contributed by atoms with Crippen LogP contribution in [-0.2, 0) is 0 Å². The summed E-state index contributed by atoms with van der Waals surface area (Å²) in [5, 5.41) is 0. The van der Waals surface area contributed by atoms with Crippen LogP contribution in [0.1, 0.15) is 33.4 Å². The maximum absolute atomic E-state index is 5.19. The number of benzene rings is 3. The third-order valence-electron chi connectivity index (χ3n) is 5.55. The quantitative estimate of drug-likeness (QED) is 0.301. The van der Waals surface area contributed by atoms with E-state index in [-0.39, 0.29) is 0 Å². The van der Waals surface area contributed by atoms with Gasteiger partial charge in [-0.05, 0) is 82.0 Å². The number of methoxy groups -OCH3 is 3. The van der Waals surface area contributed by atoms with E-state index in [4.69, 9.17) is 14.2 Å². The monoisotopic (exact) mass is 486 g/mol. The zero-order valence-corrected chi connectivity index (χ0v) is 23.0. The molecule has 0 unspecified atom stereocenters. The summed E-state index contributed by atoms with van der Waals surface area (Å²) in [6.45, 7) is 12.2. The van der Waals surface area contributed by atoms with E-state index in [2.05, 4.69) is 48.1 Å². The minimum absolute atomic E-state index is 0.788. The van der Waals surface area contributed by atoms with Crippen LogP contribution in [0.2, 0.25) is 0 Å². The summed E-state index contributed by atoms with van der Waals surface area (Å²) in [7, 11) is 5.03. The van der Waals surface area contributed by atoms with Gasteiger partial charge in [-0.2, -0.15) is 0 Å². The predicted molar refractivity (Wildman–Crippen MR) is 148 cm³/mol. The summed E-state index contributed by atoms with van der Waals surface area (Å²) in [6.07, 6.45) is 3.67. The maximum atomic E-state index is 5.19. The molecule has 0 radical (unpaired) electrons. The third-order valence-corrected chi connectivity index (χ3v) is 5.55. The molecule has 0 saturated carbocycles. The third kappa shape index (κ3) is 8.42. The van der Waals surface area contributed by atoms with Crippen molar-refractivity contribution < 1.29 is 14.2 Å². The summed E-state index contributed by atoms with van der Waals surface area (Å²) in [4.78, 5) is 8.53. The van der Waals surface area contributed by atoms with Crippen LogP contribution >= 0.6 is 0 Å². The first-order valence-electron chi connectivity index (χ1n) is 11.8. The van der Waals surface area contributed by atoms with Gasteiger partial charge in [-0.15, -0.1) is 0 Å². The van der Waals surface area contributed by atoms with E-state index in [9.17, 15) is 0 Å². The molecule has 0 amide bonds. The van der Waals surface area contributed by atoms with Crippen LogP contribution < -0.4 is 14.2 Å². The molecule has 0 spiro atoms. The number of aromatic nitrogens is 2. The van der Waals surface area contributed by atoms with E-state index in [0.29, 0.717) is 0 Å². The number of ether oxygens (including phenoxy) is 3. The summed E-state index contributed by atoms with van der Waals surface area (Å²) in [5.41, 5.74) is 8.02. The molecule has 3 aromatic carbocycles. The van der Waals surface area contributed by atoms with Crippen molar-refractivity contribution in [2.24, 2.45) is 0 Å². The normalized spacial score (nSPS) is 9.81. The lowest BCUT2D eigenvalue weighted by Crippen LogP contribution is -1.93. The van der Waals surface area contributed by atoms with Crippen molar-refractivity contribution in [3.8, 4) is 28.6 Å². The molecule has 4 aromatic rings. The topological polar surface area (TPSA) is 53.5 Å². The first kappa shape index (κ1) is 28.4. The summed E-state index contributed by atoms with van der Waals surface area (Å²) < 4.78 is 15.5. The van der Waals surface area contributed by atoms with Gasteiger partial charge in [0.1, 0.15) is 17.2 Å². The van der Waals surface area contributed by atoms with Crippen molar-refractivity contribution in [2.45, 2.75) is 41.5 Å². The van der Waals surface area contributed by atoms with E-state index in [1.165, 1.54) is 16.7 Å². The average molecular weight is 487 g/mol. The first-order chi connectivity index (χ1) is 17.2. The molecule has 0 N–H and O–H groups in total. The van der Waals surface area contributed by atoms with Crippen molar-refractivity contribution >= 4 is 0 Å². The summed E-state index contributed by atoms with van der Waals surface area (Å²) >= 11 is 0. The molecule has 1 heterocycles. The van der Waals surface area contributed by atoms with Gasteiger partial charge < -0.3 is 14.2 Å². The lowest BCUT2D eigenvalue weighted by molar-refractivity contribution is 0.388. The average Bonchev–Trinajstić information content (AvgIpc) is 2.88. The number of aryl methyl sites for hydroxylation is 5. The van der Waals surface area contributed by atoms with Crippen LogP contribution in [-0.4, -0.2) is 31.3 Å². The molecule has 0 aliphatic carbocycles. The Hall–Kier alpha value is -3.86. The second kappa shape index (κ2) is 13.9. The number of rotatable bonds is 4. The lowest BCUT2D eigenvalue weighted by Gasteiger charge is -2.10. The molecule has 0 aliphatic rings. The Bertz CT molecular complexity index is 1170. The van der Waals surface area contributed by atoms with Crippen molar-refractivity contribution in [1.82, 2.24) is 9.97 Å². The molecule has 190 valence electrons. The minimum Gasteiger partial charge on any atom is -0.496 e. The van der Waals surface area contributed by atoms with Gasteiger partial charge in [-0.3, -0.25) is 0 Å². The van der Waals surface area contributed by atoms with Crippen molar-refractivity contribution in [1.29, 1.82) is 0 Å². The fraction of sp³-hybridized carbons (Fsp3) is 0.290. The Morgan fingerprint density at radius 1 is 0.500 bits per heavy atom. The van der Waals surface area contributed by atoms with Crippen LogP contribution in [0.5, 0.6) is 17.2 Å². The van der Waals surface area contributed by atoms with Gasteiger partial charge in [0.2, 0.25) is 0 Å². The Balaban J connectivity index is 0.000000193. The highest BCUT2D eigenvalue weighted by Gasteiger charge is 2.05. The molecule has 0 fully saturated rings. The molecular formula is C31H38N2O3. The maximum Gasteiger partial charge on any atom is 0.159 e. The number of hydrogen-bond acceptors (Lipinski definition) is 5. The van der Waals surface area contributed by atoms with E-state index in [0.717, 1.165) is 45.3 Å². The highest BCUT2D eigenvalue weighted by atomic mass is 16.5. The Morgan fingerprint density at radius 3 is 1.44 bits per heavy atom. The molecular weight excluding hydrogens is 448 g/mol. The molecule has 0 saturated heterocycles. The van der Waals surface area contributed by atoms with E-state index < -0.39 is 0 Å². The highest BCUT2D eigenvalue weighted by Crippen LogP contribution is 2.28. The zero-order valence-electron chi connectivity index (χ0n) is 23.0. The second-order valence-electron chi connectivity index (χ2n) is 8.72. The number of nitrogens with zero attached hydrogens (tertiary/aromatic N) is 2. The van der Waals surface area contributed by atoms with Gasteiger partial charge in [0.15, 0.2) is 5.82 Å². The van der Waals surface area contributed by atoms with Gasteiger partial charge in [0, 0.05) is 23.5 Å². The van der Waals surface area contributed by atoms with Gasteiger partial charge in [-0.1, -0.05) is 42.0 Å². The van der Waals surface area contributed by atoms with Gasteiger partial charge in [0.05, 0.1) is 21.3 Å². The highest BCUT2D eigenvalue weighted by molar-refractivity contribution is 5.54. The smallest absolute Gasteiger partial charge is 0.159 e.